The molecule has 7 N–H and O–H groups in total. The quantitative estimate of drug-likeness (QED) is 0.0305. The zero-order valence-electron chi connectivity index (χ0n) is 48.7. The van der Waals surface area contributed by atoms with Crippen molar-refractivity contribution in [3.05, 3.63) is 132 Å². The molecule has 4 rings (SSSR count). The van der Waals surface area contributed by atoms with Crippen LogP contribution in [-0.2, 0) is 45.0 Å². The number of likely N-dealkylation sites (tertiary alicyclic amines) is 1. The third kappa shape index (κ3) is 21.9. The predicted octanol–water partition coefficient (Wildman–Crippen LogP) is 7.82. The summed E-state index contributed by atoms with van der Waals surface area (Å²) in [6, 6.07) is 31.2. The highest BCUT2D eigenvalue weighted by atomic mass is 16.6. The number of nitrogens with zero attached hydrogens (tertiary/aromatic N) is 2. The SMILES string of the molecule is CC(=CC(NC(=O)C(NC(=O)C(C(C)c1ccccc1)N(C)C)C(C)(C)C)C(C)C)C(=O)NOCc1ccc(NCC(C)NC(=O)C(NC(=O)CCCC(=O)N2CCC(C(=O)Nc3ccccccccc3)CC2)C(C)C)cc1. The summed E-state index contributed by atoms with van der Waals surface area (Å²) in [5, 5.41) is 18.3. The fourth-order valence-corrected chi connectivity index (χ4v) is 9.14. The van der Waals surface area contributed by atoms with Gasteiger partial charge in [0.25, 0.3) is 5.91 Å². The Labute approximate surface area is 469 Å². The predicted molar refractivity (Wildman–Crippen MR) is 312 cm³/mol. The molecule has 6 atom stereocenters. The number of hydrogen-bond donors (Lipinski definition) is 7. The molecule has 17 nitrogen and oxygen atoms in total. The largest absolute Gasteiger partial charge is 0.383 e. The van der Waals surface area contributed by atoms with Crippen molar-refractivity contribution >= 4 is 52.7 Å². The summed E-state index contributed by atoms with van der Waals surface area (Å²) in [5.41, 5.74) is 5.53. The topological polar surface area (TPSA) is 219 Å². The smallest absolute Gasteiger partial charge is 0.270 e. The Morgan fingerprint density at radius 3 is 1.84 bits per heavy atom. The Kier molecular flexibility index (Phi) is 26.2. The number of hydroxylamine groups is 1. The second-order valence-electron chi connectivity index (χ2n) is 22.7. The van der Waals surface area contributed by atoms with Crippen molar-refractivity contribution in [2.75, 3.05) is 44.4 Å². The van der Waals surface area contributed by atoms with Crippen molar-refractivity contribution in [2.45, 2.75) is 144 Å². The van der Waals surface area contributed by atoms with Crippen LogP contribution in [0.5, 0.6) is 0 Å². The molecule has 0 spiro atoms. The first-order valence-corrected chi connectivity index (χ1v) is 27.8. The molecule has 1 saturated heterocycles. The lowest BCUT2D eigenvalue weighted by Gasteiger charge is -2.36. The van der Waals surface area contributed by atoms with E-state index in [1.165, 1.54) is 0 Å². The highest BCUT2D eigenvalue weighted by Gasteiger charge is 2.38. The summed E-state index contributed by atoms with van der Waals surface area (Å²) in [4.78, 5) is 103. The molecule has 0 bridgehead atoms. The van der Waals surface area contributed by atoms with Crippen LogP contribution in [0.15, 0.2) is 121 Å². The molecule has 0 radical (unpaired) electrons. The van der Waals surface area contributed by atoms with Gasteiger partial charge < -0.3 is 36.8 Å². The third-order valence-corrected chi connectivity index (χ3v) is 14.0. The average Bonchev–Trinajstić information content (AvgIpc) is 3.40. The molecule has 0 aromatic heterocycles. The molecule has 0 saturated carbocycles. The van der Waals surface area contributed by atoms with Gasteiger partial charge in [-0.3, -0.25) is 43.3 Å². The molecular formula is C62H89N9O8. The summed E-state index contributed by atoms with van der Waals surface area (Å²) in [6.07, 6.45) is 3.44. The Morgan fingerprint density at radius 2 is 1.27 bits per heavy atom. The minimum atomic E-state index is -0.858. The van der Waals surface area contributed by atoms with Crippen molar-refractivity contribution in [3.63, 3.8) is 0 Å². The number of carbonyl (C=O) groups is 7. The van der Waals surface area contributed by atoms with Gasteiger partial charge in [-0.05, 0) is 99.8 Å². The van der Waals surface area contributed by atoms with E-state index in [1.54, 1.807) is 17.9 Å². The van der Waals surface area contributed by atoms with Crippen LogP contribution in [0.25, 0.3) is 0 Å². The first-order chi connectivity index (χ1) is 37.4. The summed E-state index contributed by atoms with van der Waals surface area (Å²) in [5.74, 6) is -2.41. The Balaban J connectivity index is 1.17. The monoisotopic (exact) mass is 1090 g/mol. The van der Waals surface area contributed by atoms with Gasteiger partial charge in [0.1, 0.15) is 12.1 Å². The molecule has 430 valence electrons. The Bertz CT molecular complexity index is 2530. The summed E-state index contributed by atoms with van der Waals surface area (Å²) in [7, 11) is 3.71. The van der Waals surface area contributed by atoms with E-state index in [0.717, 1.165) is 16.8 Å². The van der Waals surface area contributed by atoms with E-state index < -0.39 is 35.5 Å². The van der Waals surface area contributed by atoms with Crippen molar-refractivity contribution in [2.24, 2.45) is 23.2 Å². The average molecular weight is 1090 g/mol. The number of rotatable bonds is 26. The van der Waals surface area contributed by atoms with E-state index in [2.05, 4.69) is 37.4 Å². The van der Waals surface area contributed by atoms with Crippen LogP contribution in [0.1, 0.15) is 118 Å². The molecule has 1 aliphatic heterocycles. The normalized spacial score (nSPS) is 15.3. The zero-order valence-corrected chi connectivity index (χ0v) is 48.7. The Hall–Kier alpha value is -7.11. The van der Waals surface area contributed by atoms with E-state index in [0.29, 0.717) is 50.2 Å². The molecule has 1 aliphatic rings. The van der Waals surface area contributed by atoms with Crippen LogP contribution in [0, 0.1) is 23.2 Å². The molecule has 0 aliphatic carbocycles. The lowest BCUT2D eigenvalue weighted by Crippen LogP contribution is -2.59. The molecule has 6 unspecified atom stereocenters. The first-order valence-electron chi connectivity index (χ1n) is 27.8. The third-order valence-electron chi connectivity index (χ3n) is 14.0. The molecular weight excluding hydrogens is 999 g/mol. The van der Waals surface area contributed by atoms with Crippen LogP contribution < -0.4 is 37.4 Å². The van der Waals surface area contributed by atoms with Gasteiger partial charge in [0.2, 0.25) is 35.4 Å². The molecule has 3 aromatic carbocycles. The standard InChI is InChI=1S/C62H89N9O8/c1-41(2)51(66-61(78)56(62(8,9)10)68-60(77)55(70(11)12)45(7)47-24-19-18-20-25-47)38-43(5)57(74)69-79-40-46-30-32-49(33-31-46)63-39-44(6)64-59(76)54(42(3)4)67-52(72)28-23-29-53(73)71-36-34-48(35-37-71)58(75)65-50-26-21-16-14-13-15-17-22-27-50/h13-22,24-27,30-33,38,41-42,44-45,48,51,54-56,63H,23,28-29,34-37,39-40H2,1-12H3,(H,64,76)(H,65,75)(H,66,78)(H,67,72)(H,68,77)(H,69,74). The molecule has 17 heteroatoms. The van der Waals surface area contributed by atoms with Gasteiger partial charge in [-0.2, -0.15) is 0 Å². The maximum Gasteiger partial charge on any atom is 0.270 e. The van der Waals surface area contributed by atoms with Crippen LogP contribution in [-0.4, -0.2) is 115 Å². The number of likely N-dealkylation sites (N-methyl/N-ethyl adjacent to an activating group) is 1. The maximum absolute atomic E-state index is 14.0. The number of nitrogens with one attached hydrogen (secondary N) is 7. The van der Waals surface area contributed by atoms with E-state index in [4.69, 9.17) is 4.84 Å². The van der Waals surface area contributed by atoms with Crippen LogP contribution >= 0.6 is 0 Å². The van der Waals surface area contributed by atoms with E-state index in [1.807, 2.05) is 191 Å². The van der Waals surface area contributed by atoms with E-state index >= 15 is 0 Å². The zero-order chi connectivity index (χ0) is 58.2. The minimum Gasteiger partial charge on any atom is -0.383 e. The van der Waals surface area contributed by atoms with E-state index in [9.17, 15) is 33.6 Å². The molecule has 3 aromatic rings. The highest BCUT2D eigenvalue weighted by molar-refractivity contribution is 5.94. The number of benzene rings is 2. The second-order valence-corrected chi connectivity index (χ2v) is 22.7. The minimum absolute atomic E-state index is 0.0548. The molecule has 7 amide bonds. The van der Waals surface area contributed by atoms with Crippen LogP contribution in [0.3, 0.4) is 0 Å². The van der Waals surface area contributed by atoms with Crippen LogP contribution in [0.2, 0.25) is 0 Å². The van der Waals surface area contributed by atoms with Gasteiger partial charge >= 0.3 is 0 Å². The van der Waals surface area contributed by atoms with Crippen molar-refractivity contribution < 1.29 is 38.4 Å². The van der Waals surface area contributed by atoms with Gasteiger partial charge in [-0.1, -0.05) is 146 Å². The lowest BCUT2D eigenvalue weighted by atomic mass is 9.84. The van der Waals surface area contributed by atoms with Gasteiger partial charge in [-0.15, -0.1) is 0 Å². The number of piperidine rings is 1. The summed E-state index contributed by atoms with van der Waals surface area (Å²) in [6.45, 7) is 20.3. The summed E-state index contributed by atoms with van der Waals surface area (Å²) >= 11 is 0. The van der Waals surface area contributed by atoms with Gasteiger partial charge in [0.05, 0.1) is 18.7 Å². The van der Waals surface area contributed by atoms with Gasteiger partial charge in [0.15, 0.2) is 0 Å². The Morgan fingerprint density at radius 1 is 0.684 bits per heavy atom. The van der Waals surface area contributed by atoms with Crippen LogP contribution in [0.4, 0.5) is 11.4 Å². The highest BCUT2D eigenvalue weighted by Crippen LogP contribution is 2.26. The van der Waals surface area contributed by atoms with Crippen molar-refractivity contribution in [1.29, 1.82) is 0 Å². The first kappa shape index (κ1) is 64.4. The van der Waals surface area contributed by atoms with E-state index in [-0.39, 0.29) is 84.6 Å². The fraction of sp³-hybridized carbons (Fsp3) is 0.500. The molecule has 1 heterocycles. The van der Waals surface area contributed by atoms with Gasteiger partial charge in [-0.25, -0.2) is 5.48 Å². The van der Waals surface area contributed by atoms with Gasteiger partial charge in [0, 0.05) is 67.3 Å². The number of amides is 7. The summed E-state index contributed by atoms with van der Waals surface area (Å²) < 4.78 is 0. The van der Waals surface area contributed by atoms with Crippen molar-refractivity contribution in [1.82, 2.24) is 36.5 Å². The maximum atomic E-state index is 14.0. The fourth-order valence-electron chi connectivity index (χ4n) is 9.14. The second kappa shape index (κ2) is 32.1. The molecule has 79 heavy (non-hydrogen) atoms. The number of hydrogen-bond acceptors (Lipinski definition) is 10. The van der Waals surface area contributed by atoms with Crippen molar-refractivity contribution in [3.8, 4) is 0 Å². The number of anilines is 2. The lowest BCUT2D eigenvalue weighted by molar-refractivity contribution is -0.135. The number of carbonyl (C=O) groups excluding carboxylic acids is 7. The molecule has 1 fully saturated rings.